The smallest absolute Gasteiger partial charge is 0.338 e. The Kier molecular flexibility index (Phi) is 6.43. The molecular weight excluding hydrogens is 252 g/mol. The van der Waals surface area contributed by atoms with Gasteiger partial charge >= 0.3 is 12.0 Å². The molecule has 8 heteroatoms. The van der Waals surface area contributed by atoms with Crippen molar-refractivity contribution in [1.82, 2.24) is 10.8 Å². The van der Waals surface area contributed by atoms with Crippen molar-refractivity contribution in [3.05, 3.63) is 0 Å². The summed E-state index contributed by atoms with van der Waals surface area (Å²) in [5.74, 6) is 2.17. The lowest BCUT2D eigenvalue weighted by Gasteiger charge is -2.20. The zero-order valence-electron chi connectivity index (χ0n) is 8.60. The van der Waals surface area contributed by atoms with Crippen molar-refractivity contribution < 1.29 is 19.5 Å². The van der Waals surface area contributed by atoms with Gasteiger partial charge in [0.05, 0.1) is 0 Å². The third kappa shape index (κ3) is 6.09. The highest BCUT2D eigenvalue weighted by molar-refractivity contribution is 8.06. The summed E-state index contributed by atoms with van der Waals surface area (Å²) in [7, 11) is 0. The van der Waals surface area contributed by atoms with E-state index in [0.717, 1.165) is 17.3 Å². The molecule has 16 heavy (non-hydrogen) atoms. The Balaban J connectivity index is 2.02. The van der Waals surface area contributed by atoms with Crippen molar-refractivity contribution in [3.8, 4) is 0 Å². The van der Waals surface area contributed by atoms with Crippen LogP contribution in [-0.4, -0.2) is 52.8 Å². The summed E-state index contributed by atoms with van der Waals surface area (Å²) < 4.78 is 0. The fourth-order valence-electron chi connectivity index (χ4n) is 1.06. The first-order valence-electron chi connectivity index (χ1n) is 4.75. The molecule has 1 saturated heterocycles. The Morgan fingerprint density at radius 1 is 1.44 bits per heavy atom. The lowest BCUT2D eigenvalue weighted by atomic mass is 10.5. The van der Waals surface area contributed by atoms with Crippen molar-refractivity contribution in [2.75, 3.05) is 30.4 Å². The maximum absolute atomic E-state index is 11.1. The van der Waals surface area contributed by atoms with Gasteiger partial charge in [-0.3, -0.25) is 4.84 Å². The van der Waals surface area contributed by atoms with Crippen LogP contribution in [-0.2, 0) is 9.63 Å². The number of aliphatic carboxylic acids is 1. The molecule has 3 N–H and O–H groups in total. The number of hydrogen-bond acceptors (Lipinski definition) is 5. The highest BCUT2D eigenvalue weighted by atomic mass is 32.2. The number of carboxylic acids is 1. The van der Waals surface area contributed by atoms with Gasteiger partial charge in [-0.15, -0.1) is 0 Å². The Morgan fingerprint density at radius 2 is 2.25 bits per heavy atom. The molecule has 92 valence electrons. The maximum atomic E-state index is 11.1. The van der Waals surface area contributed by atoms with Crippen LogP contribution in [0, 0.1) is 0 Å². The topological polar surface area (TPSA) is 87.7 Å². The quantitative estimate of drug-likeness (QED) is 0.614. The Labute approximate surface area is 102 Å². The van der Waals surface area contributed by atoms with E-state index in [1.165, 1.54) is 0 Å². The maximum Gasteiger partial charge on any atom is 0.338 e. The van der Waals surface area contributed by atoms with E-state index in [4.69, 9.17) is 5.11 Å². The van der Waals surface area contributed by atoms with Gasteiger partial charge in [0.2, 0.25) is 0 Å². The molecule has 0 aromatic heterocycles. The first-order valence-corrected chi connectivity index (χ1v) is 6.95. The third-order valence-electron chi connectivity index (χ3n) is 1.74. The van der Waals surface area contributed by atoms with E-state index < -0.39 is 18.6 Å². The van der Waals surface area contributed by atoms with Gasteiger partial charge in [-0.25, -0.2) is 15.1 Å². The first-order chi connectivity index (χ1) is 7.68. The summed E-state index contributed by atoms with van der Waals surface area (Å²) in [4.78, 5) is 25.6. The van der Waals surface area contributed by atoms with E-state index in [-0.39, 0.29) is 0 Å². The third-order valence-corrected chi connectivity index (χ3v) is 4.58. The Morgan fingerprint density at radius 3 is 2.88 bits per heavy atom. The highest BCUT2D eigenvalue weighted by Gasteiger charge is 2.14. The van der Waals surface area contributed by atoms with Gasteiger partial charge in [0.25, 0.3) is 0 Å². The van der Waals surface area contributed by atoms with Gasteiger partial charge in [0, 0.05) is 29.1 Å². The molecule has 1 heterocycles. The molecule has 0 aromatic rings. The Bertz CT molecular complexity index is 246. The molecule has 0 bridgehead atoms. The minimum atomic E-state index is -1.13. The zero-order valence-corrected chi connectivity index (χ0v) is 10.2. The number of thioether (sulfide) groups is 2. The lowest BCUT2D eigenvalue weighted by molar-refractivity contribution is -0.144. The first kappa shape index (κ1) is 13.5. The lowest BCUT2D eigenvalue weighted by Crippen LogP contribution is -2.40. The molecule has 1 unspecified atom stereocenters. The largest absolute Gasteiger partial charge is 0.479 e. The predicted molar refractivity (Wildman–Crippen MR) is 63.7 cm³/mol. The van der Waals surface area contributed by atoms with E-state index >= 15 is 0 Å². The summed E-state index contributed by atoms with van der Waals surface area (Å²) in [6.07, 6.45) is 0. The Hall–Kier alpha value is -0.600. The van der Waals surface area contributed by atoms with Crippen LogP contribution < -0.4 is 10.8 Å². The molecule has 0 saturated carbocycles. The molecule has 0 aliphatic carbocycles. The number of urea groups is 1. The van der Waals surface area contributed by atoms with Gasteiger partial charge in [-0.1, -0.05) is 0 Å². The van der Waals surface area contributed by atoms with Crippen LogP contribution in [0.15, 0.2) is 0 Å². The number of nitrogens with one attached hydrogen (secondary N) is 2. The van der Waals surface area contributed by atoms with Gasteiger partial charge < -0.3 is 10.4 Å². The number of hydroxylamine groups is 1. The van der Waals surface area contributed by atoms with Crippen molar-refractivity contribution in [1.29, 1.82) is 0 Å². The molecular formula is C8H14N2O4S2. The van der Waals surface area contributed by atoms with Crippen molar-refractivity contribution in [3.63, 3.8) is 0 Å². The number of hydrogen-bond donors (Lipinski definition) is 3. The molecule has 2 amide bonds. The van der Waals surface area contributed by atoms with Gasteiger partial charge in [-0.2, -0.15) is 23.5 Å². The van der Waals surface area contributed by atoms with E-state index in [9.17, 15) is 9.59 Å². The molecule has 0 radical (unpaired) electrons. The standard InChI is InChI=1S/C8H14N2O4S2/c11-7(12)4-14-10-8(13)9-3-6-5-15-1-2-16-6/h6H,1-5H2,(H,11,12)(H2,9,10,13). The number of carbonyl (C=O) groups excluding carboxylic acids is 1. The number of carboxylic acid groups (broad SMARTS) is 1. The summed E-state index contributed by atoms with van der Waals surface area (Å²) in [5.41, 5.74) is 2.01. The average molecular weight is 266 g/mol. The summed E-state index contributed by atoms with van der Waals surface area (Å²) in [5, 5.41) is 11.3. The van der Waals surface area contributed by atoms with E-state index in [2.05, 4.69) is 10.2 Å². The molecule has 1 aliphatic rings. The van der Waals surface area contributed by atoms with Gasteiger partial charge in [0.1, 0.15) is 0 Å². The van der Waals surface area contributed by atoms with E-state index in [0.29, 0.717) is 11.8 Å². The van der Waals surface area contributed by atoms with E-state index in [1.54, 1.807) is 0 Å². The van der Waals surface area contributed by atoms with Crippen molar-refractivity contribution in [2.45, 2.75) is 5.25 Å². The van der Waals surface area contributed by atoms with Crippen LogP contribution >= 0.6 is 23.5 Å². The summed E-state index contributed by atoms with van der Waals surface area (Å²) >= 11 is 3.71. The van der Waals surface area contributed by atoms with Crippen LogP contribution in [0.3, 0.4) is 0 Å². The summed E-state index contributed by atoms with van der Waals surface area (Å²) in [6.45, 7) is 0.0291. The van der Waals surface area contributed by atoms with Crippen LogP contribution in [0.1, 0.15) is 0 Å². The van der Waals surface area contributed by atoms with Crippen LogP contribution in [0.2, 0.25) is 0 Å². The zero-order chi connectivity index (χ0) is 11.8. The van der Waals surface area contributed by atoms with E-state index in [1.807, 2.05) is 29.0 Å². The molecule has 0 spiro atoms. The molecule has 1 rings (SSSR count). The van der Waals surface area contributed by atoms with Crippen LogP contribution in [0.25, 0.3) is 0 Å². The second-order valence-corrected chi connectivity index (χ2v) is 5.62. The predicted octanol–water partition coefficient (Wildman–Crippen LogP) is 0.150. The van der Waals surface area contributed by atoms with Crippen molar-refractivity contribution in [2.24, 2.45) is 0 Å². The van der Waals surface area contributed by atoms with Crippen LogP contribution in [0.5, 0.6) is 0 Å². The normalized spacial score (nSPS) is 20.1. The average Bonchev–Trinajstić information content (AvgIpc) is 2.27. The number of amides is 2. The van der Waals surface area contributed by atoms with Crippen LogP contribution in [0.4, 0.5) is 4.79 Å². The van der Waals surface area contributed by atoms with Gasteiger partial charge in [-0.05, 0) is 0 Å². The minimum Gasteiger partial charge on any atom is -0.479 e. The second-order valence-electron chi connectivity index (χ2n) is 3.06. The van der Waals surface area contributed by atoms with Crippen molar-refractivity contribution >= 4 is 35.5 Å². The molecule has 1 aliphatic heterocycles. The molecule has 1 fully saturated rings. The highest BCUT2D eigenvalue weighted by Crippen LogP contribution is 2.23. The SMILES string of the molecule is O=C(O)CONC(=O)NCC1CSCCS1. The fourth-order valence-corrected chi connectivity index (χ4v) is 3.67. The molecule has 1 atom stereocenters. The second kappa shape index (κ2) is 7.64. The molecule has 0 aromatic carbocycles. The number of carbonyl (C=O) groups is 2. The van der Waals surface area contributed by atoms with Gasteiger partial charge in [0.15, 0.2) is 6.61 Å². The molecule has 6 nitrogen and oxygen atoms in total. The monoisotopic (exact) mass is 266 g/mol. The number of rotatable bonds is 5. The minimum absolute atomic E-state index is 0.420. The fraction of sp³-hybridized carbons (Fsp3) is 0.750. The summed E-state index contributed by atoms with van der Waals surface area (Å²) in [6, 6.07) is -0.502.